The van der Waals surface area contributed by atoms with Gasteiger partial charge in [-0.1, -0.05) is 24.3 Å². The lowest BCUT2D eigenvalue weighted by molar-refractivity contribution is -0.134. The highest BCUT2D eigenvalue weighted by atomic mass is 79.9. The fourth-order valence-electron chi connectivity index (χ4n) is 3.78. The molecule has 1 aromatic heterocycles. The number of aryl methyl sites for hydroxylation is 2. The third-order valence-corrected chi connectivity index (χ3v) is 8.13. The van der Waals surface area contributed by atoms with E-state index in [4.69, 9.17) is 9.84 Å². The van der Waals surface area contributed by atoms with Crippen molar-refractivity contribution in [2.24, 2.45) is 0 Å². The Kier molecular flexibility index (Phi) is 5.79. The highest BCUT2D eigenvalue weighted by Crippen LogP contribution is 2.48. The number of carbonyl (C=O) groups is 1. The summed E-state index contributed by atoms with van der Waals surface area (Å²) in [5.74, 6) is -0.352. The third-order valence-electron chi connectivity index (χ3n) is 5.23. The van der Waals surface area contributed by atoms with Gasteiger partial charge in [0.1, 0.15) is 6.54 Å². The summed E-state index contributed by atoms with van der Waals surface area (Å²) < 4.78 is 8.60. The van der Waals surface area contributed by atoms with Crippen molar-refractivity contribution in [1.29, 1.82) is 0 Å². The molecule has 0 unspecified atom stereocenters. The number of methoxy groups -OCH3 is 1. The molecule has 0 spiro atoms. The van der Waals surface area contributed by atoms with Crippen LogP contribution in [0.3, 0.4) is 0 Å². The predicted molar refractivity (Wildman–Crippen MR) is 132 cm³/mol. The van der Waals surface area contributed by atoms with Crippen LogP contribution in [0.5, 0.6) is 5.75 Å². The number of hydrogen-bond donors (Lipinski definition) is 2. The van der Waals surface area contributed by atoms with Crippen molar-refractivity contribution >= 4 is 75.7 Å². The molecule has 4 rings (SSSR count). The number of aliphatic carboxylic acids is 1. The lowest BCUT2D eigenvalue weighted by atomic mass is 9.92. The molecule has 0 atom stereocenters. The zero-order chi connectivity index (χ0) is 21.6. The quantitative estimate of drug-likeness (QED) is 0.273. The smallest absolute Gasteiger partial charge is 0.322 e. The Morgan fingerprint density at radius 2 is 1.87 bits per heavy atom. The van der Waals surface area contributed by atoms with Crippen LogP contribution in [0.4, 0.5) is 5.69 Å². The minimum absolute atomic E-state index is 0.195. The second kappa shape index (κ2) is 8.21. The van der Waals surface area contributed by atoms with E-state index in [2.05, 4.69) is 63.2 Å². The monoisotopic (exact) mass is 547 g/mol. The Hall–Kier alpha value is -2.09. The molecule has 0 saturated carbocycles. The molecular weight excluding hydrogens is 530 g/mol. The fourth-order valence-corrected chi connectivity index (χ4v) is 6.31. The number of hydrogen-bond acceptors (Lipinski definition) is 4. The van der Waals surface area contributed by atoms with Gasteiger partial charge in [0.05, 0.1) is 22.0 Å². The molecule has 1 heterocycles. The molecule has 0 aliphatic rings. The van der Waals surface area contributed by atoms with E-state index in [1.807, 2.05) is 24.3 Å². The van der Waals surface area contributed by atoms with Crippen molar-refractivity contribution in [2.75, 3.05) is 19.0 Å². The fraction of sp³-hybridized carbons (Fsp3) is 0.174. The van der Waals surface area contributed by atoms with Gasteiger partial charge < -0.3 is 15.2 Å². The number of benzene rings is 3. The summed E-state index contributed by atoms with van der Waals surface area (Å²) in [7, 11) is 1.57. The average Bonchev–Trinajstić information content (AvgIpc) is 3.01. The van der Waals surface area contributed by atoms with Crippen LogP contribution in [0.15, 0.2) is 45.3 Å². The largest absolute Gasteiger partial charge is 0.493 e. The molecule has 0 aliphatic carbocycles. The first kappa shape index (κ1) is 21.2. The Labute approximate surface area is 195 Å². The van der Waals surface area contributed by atoms with E-state index < -0.39 is 5.97 Å². The van der Waals surface area contributed by atoms with E-state index in [9.17, 15) is 4.79 Å². The van der Waals surface area contributed by atoms with Crippen molar-refractivity contribution in [2.45, 2.75) is 13.8 Å². The highest BCUT2D eigenvalue weighted by Gasteiger charge is 2.21. The Bertz CT molecular complexity index is 1310. The number of anilines is 1. The molecule has 0 bridgehead atoms. The maximum Gasteiger partial charge on any atom is 0.322 e. The van der Waals surface area contributed by atoms with Crippen LogP contribution >= 0.6 is 43.2 Å². The first-order valence-corrected chi connectivity index (χ1v) is 11.7. The second-order valence-electron chi connectivity index (χ2n) is 7.01. The number of carboxylic acids is 1. The number of rotatable bonds is 5. The van der Waals surface area contributed by atoms with Gasteiger partial charge in [0.25, 0.3) is 0 Å². The highest BCUT2D eigenvalue weighted by molar-refractivity contribution is 9.11. The number of halogens is 2. The van der Waals surface area contributed by atoms with Crippen LogP contribution < -0.4 is 10.1 Å². The number of nitrogens with one attached hydrogen (secondary N) is 1. The van der Waals surface area contributed by atoms with E-state index >= 15 is 0 Å². The predicted octanol–water partition coefficient (Wildman–Crippen LogP) is 7.37. The Morgan fingerprint density at radius 3 is 2.53 bits per heavy atom. The Balaban J connectivity index is 2.10. The van der Waals surface area contributed by atoms with Gasteiger partial charge in [-0.3, -0.25) is 4.79 Å². The van der Waals surface area contributed by atoms with E-state index in [-0.39, 0.29) is 6.54 Å². The van der Waals surface area contributed by atoms with E-state index in [1.165, 1.54) is 20.5 Å². The molecule has 4 nitrogen and oxygen atoms in total. The van der Waals surface area contributed by atoms with Gasteiger partial charge in [-0.25, -0.2) is 0 Å². The van der Waals surface area contributed by atoms with Crippen LogP contribution in [-0.2, 0) is 4.79 Å². The lowest BCUT2D eigenvalue weighted by Gasteiger charge is -2.17. The summed E-state index contributed by atoms with van der Waals surface area (Å²) in [6.07, 6.45) is 0. The van der Waals surface area contributed by atoms with Gasteiger partial charge in [-0.2, -0.15) is 0 Å². The number of ether oxygens (including phenoxy) is 1. The normalized spacial score (nSPS) is 11.2. The van der Waals surface area contributed by atoms with Crippen LogP contribution in [0.1, 0.15) is 10.4 Å². The summed E-state index contributed by atoms with van der Waals surface area (Å²) in [6.45, 7) is 4.10. The van der Waals surface area contributed by atoms with E-state index in [0.717, 1.165) is 30.8 Å². The summed E-state index contributed by atoms with van der Waals surface area (Å²) in [6, 6.07) is 12.3. The molecule has 154 valence electrons. The molecule has 4 aromatic rings. The van der Waals surface area contributed by atoms with Crippen molar-refractivity contribution in [3.05, 3.63) is 55.8 Å². The summed E-state index contributed by atoms with van der Waals surface area (Å²) >= 11 is 9.23. The van der Waals surface area contributed by atoms with Crippen molar-refractivity contribution in [1.82, 2.24) is 0 Å². The van der Waals surface area contributed by atoms with Crippen molar-refractivity contribution in [3.63, 3.8) is 0 Å². The van der Waals surface area contributed by atoms with Crippen molar-refractivity contribution in [3.8, 4) is 16.9 Å². The van der Waals surface area contributed by atoms with Crippen LogP contribution in [0.2, 0.25) is 0 Å². The van der Waals surface area contributed by atoms with Gasteiger partial charge in [-0.05, 0) is 85.3 Å². The van der Waals surface area contributed by atoms with Gasteiger partial charge in [0.2, 0.25) is 0 Å². The zero-order valence-electron chi connectivity index (χ0n) is 16.6. The molecule has 0 fully saturated rings. The minimum atomic E-state index is -0.931. The standard InChI is InChI=1S/C23H19Br2NO3S/c1-11-12(2)30-23-19(11)20(14-6-4-5-7-15(14)21(23)25)13-8-16(24)22(29-3)17(9-13)26-10-18(27)28/h4-9,26H,10H2,1-3H3,(H,27,28). The molecule has 30 heavy (non-hydrogen) atoms. The molecule has 3 aromatic carbocycles. The molecular formula is C23H19Br2NO3S. The zero-order valence-corrected chi connectivity index (χ0v) is 20.6. The molecule has 0 saturated heterocycles. The van der Waals surface area contributed by atoms with Gasteiger partial charge in [-0.15, -0.1) is 11.3 Å². The van der Waals surface area contributed by atoms with Gasteiger partial charge in [0.15, 0.2) is 5.75 Å². The lowest BCUT2D eigenvalue weighted by Crippen LogP contribution is -2.13. The average molecular weight is 549 g/mol. The summed E-state index contributed by atoms with van der Waals surface area (Å²) in [5.41, 5.74) is 4.01. The second-order valence-corrected chi connectivity index (χ2v) is 9.88. The topological polar surface area (TPSA) is 58.6 Å². The minimum Gasteiger partial charge on any atom is -0.493 e. The SMILES string of the molecule is COc1c(Br)cc(-c2c3ccccc3c(Br)c3sc(C)c(C)c23)cc1NCC(=O)O. The molecule has 2 N–H and O–H groups in total. The van der Waals surface area contributed by atoms with Gasteiger partial charge >= 0.3 is 5.97 Å². The van der Waals surface area contributed by atoms with Crippen LogP contribution in [0, 0.1) is 13.8 Å². The third kappa shape index (κ3) is 3.49. The van der Waals surface area contributed by atoms with E-state index in [1.54, 1.807) is 18.4 Å². The molecule has 0 radical (unpaired) electrons. The molecule has 7 heteroatoms. The molecule has 0 aliphatic heterocycles. The number of carboxylic acid groups (broad SMARTS) is 1. The summed E-state index contributed by atoms with van der Waals surface area (Å²) in [4.78, 5) is 12.4. The summed E-state index contributed by atoms with van der Waals surface area (Å²) in [5, 5.41) is 15.6. The van der Waals surface area contributed by atoms with E-state index in [0.29, 0.717) is 11.4 Å². The first-order chi connectivity index (χ1) is 14.3. The van der Waals surface area contributed by atoms with Crippen LogP contribution in [-0.4, -0.2) is 24.7 Å². The van der Waals surface area contributed by atoms with Gasteiger partial charge in [0, 0.05) is 14.7 Å². The number of fused-ring (bicyclic) bond motifs is 2. The number of thiophene rings is 1. The molecule has 0 amide bonds. The first-order valence-electron chi connectivity index (χ1n) is 9.27. The maximum absolute atomic E-state index is 11.1. The maximum atomic E-state index is 11.1. The Morgan fingerprint density at radius 1 is 1.17 bits per heavy atom. The van der Waals surface area contributed by atoms with Crippen molar-refractivity contribution < 1.29 is 14.6 Å². The van der Waals surface area contributed by atoms with Crippen LogP contribution in [0.25, 0.3) is 32.0 Å².